The van der Waals surface area contributed by atoms with Crippen molar-refractivity contribution in [2.24, 2.45) is 4.99 Å². The molecule has 37 heavy (non-hydrogen) atoms. The summed E-state index contributed by atoms with van der Waals surface area (Å²) in [4.78, 5) is 34.0. The highest BCUT2D eigenvalue weighted by atomic mass is 16.5. The molecule has 190 valence electrons. The molecule has 0 fully saturated rings. The summed E-state index contributed by atoms with van der Waals surface area (Å²) in [5.41, 5.74) is 2.87. The first-order valence-corrected chi connectivity index (χ1v) is 11.2. The molecule has 0 atom stereocenters. The van der Waals surface area contributed by atoms with Crippen LogP contribution < -0.4 is 20.3 Å². The number of nitrogens with zero attached hydrogens (tertiary/aromatic N) is 2. The molecule has 2 aromatic carbocycles. The third kappa shape index (κ3) is 5.29. The lowest BCUT2D eigenvalue weighted by Gasteiger charge is -2.11. The van der Waals surface area contributed by atoms with Gasteiger partial charge < -0.3 is 29.1 Å². The maximum atomic E-state index is 13.4. The maximum absolute atomic E-state index is 13.4. The summed E-state index contributed by atoms with van der Waals surface area (Å²) in [6, 6.07) is 12.9. The molecule has 0 saturated heterocycles. The van der Waals surface area contributed by atoms with E-state index < -0.39 is 11.9 Å². The highest BCUT2D eigenvalue weighted by Gasteiger charge is 2.17. The Morgan fingerprint density at radius 2 is 1.76 bits per heavy atom. The molecule has 0 radical (unpaired) electrons. The molecule has 0 aliphatic carbocycles. The largest absolute Gasteiger partial charge is 0.493 e. The number of ether oxygens (including phenoxy) is 3. The average molecular weight is 504 g/mol. The minimum Gasteiger partial charge on any atom is -0.493 e. The van der Waals surface area contributed by atoms with E-state index in [1.807, 2.05) is 0 Å². The Morgan fingerprint density at radius 3 is 2.41 bits per heavy atom. The van der Waals surface area contributed by atoms with Gasteiger partial charge in [-0.1, -0.05) is 0 Å². The quantitative estimate of drug-likeness (QED) is 0.363. The van der Waals surface area contributed by atoms with Gasteiger partial charge in [0.05, 0.1) is 44.9 Å². The zero-order valence-corrected chi connectivity index (χ0v) is 20.7. The number of pyridine rings is 1. The van der Waals surface area contributed by atoms with Gasteiger partial charge in [-0.3, -0.25) is 9.78 Å². The van der Waals surface area contributed by atoms with Crippen LogP contribution in [0.5, 0.6) is 11.5 Å². The van der Waals surface area contributed by atoms with E-state index in [1.165, 1.54) is 27.5 Å². The number of aliphatic hydroxyl groups excluding tert-OH is 1. The van der Waals surface area contributed by atoms with Gasteiger partial charge in [0.15, 0.2) is 17.1 Å². The van der Waals surface area contributed by atoms with Crippen molar-refractivity contribution in [3.63, 3.8) is 0 Å². The molecule has 0 bridgehead atoms. The fourth-order valence-corrected chi connectivity index (χ4v) is 3.68. The summed E-state index contributed by atoms with van der Waals surface area (Å²) in [6.07, 6.45) is 1.53. The summed E-state index contributed by atoms with van der Waals surface area (Å²) in [7, 11) is 4.34. The van der Waals surface area contributed by atoms with E-state index in [0.29, 0.717) is 50.7 Å². The number of methoxy groups -OCH3 is 3. The van der Waals surface area contributed by atoms with Crippen molar-refractivity contribution in [2.45, 2.75) is 13.5 Å². The monoisotopic (exact) mass is 503 g/mol. The number of fused-ring (bicyclic) bond motifs is 1. The molecule has 4 rings (SSSR count). The molecule has 0 unspecified atom stereocenters. The number of carbonyl (C=O) groups excluding carboxylic acids is 2. The van der Waals surface area contributed by atoms with Crippen LogP contribution in [0, 0.1) is 6.92 Å². The van der Waals surface area contributed by atoms with Gasteiger partial charge in [0.25, 0.3) is 5.91 Å². The van der Waals surface area contributed by atoms with Gasteiger partial charge in [-0.25, -0.2) is 9.79 Å². The number of hydrogen-bond acceptors (Lipinski definition) is 9. The number of amides is 1. The molecule has 0 aliphatic heterocycles. The van der Waals surface area contributed by atoms with E-state index in [2.05, 4.69) is 15.3 Å². The number of aromatic nitrogens is 1. The predicted octanol–water partition coefficient (Wildman–Crippen LogP) is 3.92. The second kappa shape index (κ2) is 10.9. The third-order valence-electron chi connectivity index (χ3n) is 5.63. The zero-order chi connectivity index (χ0) is 26.5. The van der Waals surface area contributed by atoms with Crippen molar-refractivity contribution in [1.82, 2.24) is 4.98 Å². The van der Waals surface area contributed by atoms with E-state index in [1.54, 1.807) is 55.5 Å². The molecule has 4 aromatic rings. The molecular formula is C27H25N3O7. The minimum absolute atomic E-state index is 0.0309. The maximum Gasteiger partial charge on any atom is 0.337 e. The number of anilines is 1. The van der Waals surface area contributed by atoms with Crippen LogP contribution in [0.4, 0.5) is 11.4 Å². The lowest BCUT2D eigenvalue weighted by atomic mass is 10.1. The Morgan fingerprint density at radius 1 is 1.03 bits per heavy atom. The first kappa shape index (κ1) is 25.4. The van der Waals surface area contributed by atoms with E-state index in [9.17, 15) is 14.7 Å². The lowest BCUT2D eigenvalue weighted by Crippen LogP contribution is -2.22. The van der Waals surface area contributed by atoms with Crippen LogP contribution in [0.3, 0.4) is 0 Å². The third-order valence-corrected chi connectivity index (χ3v) is 5.63. The first-order valence-electron chi connectivity index (χ1n) is 11.2. The number of nitrogens with one attached hydrogen (secondary N) is 1. The lowest BCUT2D eigenvalue weighted by molar-refractivity contribution is 0.0600. The summed E-state index contributed by atoms with van der Waals surface area (Å²) in [5.74, 6) is -0.00340. The van der Waals surface area contributed by atoms with Crippen molar-refractivity contribution in [3.05, 3.63) is 82.7 Å². The van der Waals surface area contributed by atoms with E-state index >= 15 is 0 Å². The van der Waals surface area contributed by atoms with Crippen LogP contribution in [0.15, 0.2) is 64.1 Å². The number of benzene rings is 2. The Hall–Kier alpha value is -4.70. The van der Waals surface area contributed by atoms with E-state index in [0.717, 1.165) is 0 Å². The normalized spacial score (nSPS) is 11.3. The minimum atomic E-state index is -0.506. The topological polar surface area (TPSA) is 132 Å². The molecule has 2 aromatic heterocycles. The van der Waals surface area contributed by atoms with Gasteiger partial charge in [-0.2, -0.15) is 0 Å². The zero-order valence-electron chi connectivity index (χ0n) is 20.7. The van der Waals surface area contributed by atoms with Crippen molar-refractivity contribution < 1.29 is 33.3 Å². The molecule has 0 spiro atoms. The summed E-state index contributed by atoms with van der Waals surface area (Å²) >= 11 is 0. The summed E-state index contributed by atoms with van der Waals surface area (Å²) < 4.78 is 21.4. The molecule has 0 aliphatic rings. The van der Waals surface area contributed by atoms with Crippen molar-refractivity contribution in [3.8, 4) is 11.5 Å². The highest BCUT2D eigenvalue weighted by Crippen LogP contribution is 2.31. The molecule has 0 saturated carbocycles. The second-order valence-electron chi connectivity index (χ2n) is 7.91. The Labute approximate surface area is 212 Å². The first-order chi connectivity index (χ1) is 17.9. The average Bonchev–Trinajstić information content (AvgIpc) is 2.93. The fraction of sp³-hybridized carbons (Fsp3) is 0.185. The molecule has 1 amide bonds. The number of hydrogen-bond donors (Lipinski definition) is 2. The number of rotatable bonds is 7. The number of carbonyl (C=O) groups is 2. The Bertz CT molecular complexity index is 1540. The van der Waals surface area contributed by atoms with Crippen LogP contribution in [0.2, 0.25) is 0 Å². The van der Waals surface area contributed by atoms with Gasteiger partial charge >= 0.3 is 5.97 Å². The van der Waals surface area contributed by atoms with Crippen molar-refractivity contribution in [1.29, 1.82) is 0 Å². The smallest absolute Gasteiger partial charge is 0.337 e. The van der Waals surface area contributed by atoms with Crippen LogP contribution >= 0.6 is 0 Å². The van der Waals surface area contributed by atoms with Gasteiger partial charge in [0.1, 0.15) is 5.56 Å². The van der Waals surface area contributed by atoms with Crippen LogP contribution in [0.1, 0.15) is 32.0 Å². The molecule has 2 heterocycles. The summed E-state index contributed by atoms with van der Waals surface area (Å²) in [6.45, 7) is 1.47. The number of esters is 1. The standard InChI is InChI=1S/C27H25N3O7/c1-15-24-20(17(14-31)13-28-15)12-21(25(32)29-18-7-5-16(6-8-18)27(33)36-4)26(37-24)30-19-9-10-22(34-2)23(11-19)35-3/h5-13,31H,14H2,1-4H3,(H,29,32). The van der Waals surface area contributed by atoms with Crippen molar-refractivity contribution in [2.75, 3.05) is 26.6 Å². The SMILES string of the molecule is COC(=O)c1ccc(NC(=O)c2cc3c(CO)cnc(C)c3oc2=Nc2ccc(OC)c(OC)c2)cc1. The van der Waals surface area contributed by atoms with Crippen molar-refractivity contribution >= 4 is 34.2 Å². The van der Waals surface area contributed by atoms with Gasteiger partial charge in [0.2, 0.25) is 5.55 Å². The molecule has 10 heteroatoms. The fourth-order valence-electron chi connectivity index (χ4n) is 3.68. The molecular weight excluding hydrogens is 478 g/mol. The second-order valence-corrected chi connectivity index (χ2v) is 7.91. The van der Waals surface area contributed by atoms with E-state index in [-0.39, 0.29) is 17.7 Å². The highest BCUT2D eigenvalue weighted by molar-refractivity contribution is 6.06. The van der Waals surface area contributed by atoms with E-state index in [4.69, 9.17) is 18.6 Å². The summed E-state index contributed by atoms with van der Waals surface area (Å²) in [5, 5.41) is 13.2. The van der Waals surface area contributed by atoms with Gasteiger partial charge in [0, 0.05) is 28.9 Å². The van der Waals surface area contributed by atoms with Crippen LogP contribution in [-0.4, -0.2) is 43.3 Å². The molecule has 2 N–H and O–H groups in total. The number of aliphatic hydroxyl groups is 1. The van der Waals surface area contributed by atoms with Gasteiger partial charge in [-0.15, -0.1) is 0 Å². The Balaban J connectivity index is 1.85. The number of aryl methyl sites for hydroxylation is 1. The van der Waals surface area contributed by atoms with Crippen LogP contribution in [0.25, 0.3) is 11.0 Å². The van der Waals surface area contributed by atoms with Crippen LogP contribution in [-0.2, 0) is 11.3 Å². The van der Waals surface area contributed by atoms with Gasteiger partial charge in [-0.05, 0) is 49.4 Å². The predicted molar refractivity (Wildman–Crippen MR) is 135 cm³/mol. The molecule has 10 nitrogen and oxygen atoms in total. The Kier molecular flexibility index (Phi) is 7.49.